The van der Waals surface area contributed by atoms with Gasteiger partial charge >= 0.3 is 5.97 Å². The van der Waals surface area contributed by atoms with E-state index in [1.165, 1.54) is 18.2 Å². The van der Waals surface area contributed by atoms with E-state index in [9.17, 15) is 30.8 Å². The van der Waals surface area contributed by atoms with Crippen LogP contribution < -0.4 is 10.0 Å². The van der Waals surface area contributed by atoms with E-state index in [1.54, 1.807) is 30.9 Å². The van der Waals surface area contributed by atoms with Crippen LogP contribution in [-0.4, -0.2) is 58.4 Å². The van der Waals surface area contributed by atoms with Gasteiger partial charge in [-0.1, -0.05) is 12.1 Å². The van der Waals surface area contributed by atoms with Crippen molar-refractivity contribution in [3.05, 3.63) is 53.3 Å². The maximum atomic E-state index is 14.5. The van der Waals surface area contributed by atoms with Gasteiger partial charge in [0.05, 0.1) is 30.9 Å². The van der Waals surface area contributed by atoms with E-state index in [-0.39, 0.29) is 53.1 Å². The third-order valence-corrected chi connectivity index (χ3v) is 10.1. The van der Waals surface area contributed by atoms with E-state index >= 15 is 0 Å². The number of rotatable bonds is 9. The quantitative estimate of drug-likeness (QED) is 0.405. The van der Waals surface area contributed by atoms with Gasteiger partial charge in [-0.2, -0.15) is 8.42 Å². The van der Waals surface area contributed by atoms with Crippen molar-refractivity contribution in [3.63, 3.8) is 0 Å². The summed E-state index contributed by atoms with van der Waals surface area (Å²) in [5.74, 6) is -1.79. The van der Waals surface area contributed by atoms with Gasteiger partial charge in [0.2, 0.25) is 15.9 Å². The fourth-order valence-electron chi connectivity index (χ4n) is 6.38. The summed E-state index contributed by atoms with van der Waals surface area (Å²) in [6.07, 6.45) is 2.98. The lowest BCUT2D eigenvalue weighted by atomic mass is 9.83. The molecule has 1 amide bonds. The SMILES string of the molecule is CCOC(=O)C1C(N(Cc2ccc(C)c(F)c2)C(=O)CC2=NS(=O)(=O)c3cc(NS(C)(=O)=O)ccc3N2)[C@H]2CC[C@@H]1C2. The van der Waals surface area contributed by atoms with Crippen molar-refractivity contribution in [2.45, 2.75) is 57.0 Å². The molecule has 0 aromatic heterocycles. The maximum Gasteiger partial charge on any atom is 0.311 e. The molecule has 0 radical (unpaired) electrons. The molecule has 0 spiro atoms. The molecule has 5 rings (SSSR count). The van der Waals surface area contributed by atoms with E-state index in [2.05, 4.69) is 14.4 Å². The van der Waals surface area contributed by atoms with Crippen molar-refractivity contribution in [2.24, 2.45) is 22.2 Å². The molecule has 3 aliphatic rings. The van der Waals surface area contributed by atoms with Gasteiger partial charge in [0.15, 0.2) is 0 Å². The Morgan fingerprint density at radius 3 is 2.60 bits per heavy atom. The van der Waals surface area contributed by atoms with Crippen LogP contribution in [0, 0.1) is 30.5 Å². The number of anilines is 2. The number of nitrogens with zero attached hydrogens (tertiary/aromatic N) is 2. The lowest BCUT2D eigenvalue weighted by Crippen LogP contribution is -2.50. The molecule has 42 heavy (non-hydrogen) atoms. The highest BCUT2D eigenvalue weighted by Gasteiger charge is 2.54. The smallest absolute Gasteiger partial charge is 0.311 e. The van der Waals surface area contributed by atoms with Gasteiger partial charge in [-0.3, -0.25) is 14.3 Å². The highest BCUT2D eigenvalue weighted by atomic mass is 32.2. The molecule has 2 aromatic rings. The summed E-state index contributed by atoms with van der Waals surface area (Å²) < 4.78 is 75.2. The molecule has 2 unspecified atom stereocenters. The summed E-state index contributed by atoms with van der Waals surface area (Å²) in [7, 11) is -7.91. The van der Waals surface area contributed by atoms with Gasteiger partial charge in [-0.25, -0.2) is 12.8 Å². The van der Waals surface area contributed by atoms with Crippen LogP contribution in [0.1, 0.15) is 43.7 Å². The number of esters is 1. The number of hydrogen-bond donors (Lipinski definition) is 2. The summed E-state index contributed by atoms with van der Waals surface area (Å²) in [5.41, 5.74) is 1.19. The van der Waals surface area contributed by atoms with Crippen LogP contribution in [0.5, 0.6) is 0 Å². The van der Waals surface area contributed by atoms with Crippen molar-refractivity contribution >= 4 is 49.1 Å². The molecule has 2 aliphatic carbocycles. The maximum absolute atomic E-state index is 14.5. The third kappa shape index (κ3) is 6.14. The van der Waals surface area contributed by atoms with Gasteiger partial charge in [0.25, 0.3) is 10.0 Å². The van der Waals surface area contributed by atoms with E-state index in [0.29, 0.717) is 11.1 Å². The molecule has 2 aromatic carbocycles. The number of carbonyl (C=O) groups excluding carboxylic acids is 2. The standard InChI is InChI=1S/C28H33FN4O7S2/c1-4-40-28(35)26-18-7-8-19(12-18)27(26)33(15-17-6-5-16(2)21(29)11-17)25(34)14-24-30-22-10-9-20(31-41(3,36)37)13-23(22)42(38,39)32-24/h5-6,9-11,13,18-19,26-27,31H,4,7-8,12,14-15H2,1-3H3,(H,30,32)/t18-,19+,26?,27?/m1/s1. The Balaban J connectivity index is 1.45. The van der Waals surface area contributed by atoms with Gasteiger partial charge in [-0.15, -0.1) is 4.40 Å². The number of aryl methyl sites for hydroxylation is 1. The van der Waals surface area contributed by atoms with E-state index in [1.807, 2.05) is 0 Å². The Kier molecular flexibility index (Phi) is 8.05. The number of fused-ring (bicyclic) bond motifs is 3. The number of ether oxygens (including phenoxy) is 1. The van der Waals surface area contributed by atoms with E-state index < -0.39 is 50.2 Å². The number of sulfonamides is 2. The molecule has 11 nitrogen and oxygen atoms in total. The fourth-order valence-corrected chi connectivity index (χ4v) is 8.11. The first kappa shape index (κ1) is 30.0. The summed E-state index contributed by atoms with van der Waals surface area (Å²) in [6.45, 7) is 3.59. The van der Waals surface area contributed by atoms with Crippen molar-refractivity contribution in [2.75, 3.05) is 22.9 Å². The molecular weight excluding hydrogens is 587 g/mol. The highest BCUT2D eigenvalue weighted by molar-refractivity contribution is 7.92. The molecule has 226 valence electrons. The first-order valence-corrected chi connectivity index (χ1v) is 17.0. The minimum Gasteiger partial charge on any atom is -0.466 e. The van der Waals surface area contributed by atoms with Crippen LogP contribution in [0.4, 0.5) is 15.8 Å². The zero-order valence-corrected chi connectivity index (χ0v) is 25.1. The largest absolute Gasteiger partial charge is 0.466 e. The Morgan fingerprint density at radius 1 is 1.17 bits per heavy atom. The summed E-state index contributed by atoms with van der Waals surface area (Å²) in [4.78, 5) is 28.4. The minimum atomic E-state index is -4.27. The van der Waals surface area contributed by atoms with Crippen LogP contribution in [-0.2, 0) is 40.9 Å². The zero-order valence-electron chi connectivity index (χ0n) is 23.5. The number of halogens is 1. The second-order valence-corrected chi connectivity index (χ2v) is 14.4. The van der Waals surface area contributed by atoms with Gasteiger partial charge < -0.3 is 15.0 Å². The van der Waals surface area contributed by atoms with Crippen LogP contribution in [0.3, 0.4) is 0 Å². The summed E-state index contributed by atoms with van der Waals surface area (Å²) >= 11 is 0. The van der Waals surface area contributed by atoms with Crippen LogP contribution in [0.15, 0.2) is 45.7 Å². The highest BCUT2D eigenvalue weighted by Crippen LogP contribution is 2.51. The number of hydrogen-bond acceptors (Lipinski definition) is 8. The number of benzene rings is 2. The number of carbonyl (C=O) groups is 2. The van der Waals surface area contributed by atoms with Crippen molar-refractivity contribution in [1.82, 2.24) is 4.90 Å². The number of nitrogens with one attached hydrogen (secondary N) is 2. The minimum absolute atomic E-state index is 0.0248. The predicted octanol–water partition coefficient (Wildman–Crippen LogP) is 3.42. The Bertz CT molecular complexity index is 1680. The third-order valence-electron chi connectivity index (χ3n) is 8.09. The second kappa shape index (κ2) is 11.3. The molecule has 2 N–H and O–H groups in total. The van der Waals surface area contributed by atoms with Crippen molar-refractivity contribution in [1.29, 1.82) is 0 Å². The average molecular weight is 621 g/mol. The molecule has 14 heteroatoms. The second-order valence-electron chi connectivity index (χ2n) is 11.1. The van der Waals surface area contributed by atoms with Gasteiger partial charge in [0, 0.05) is 18.3 Å². The monoisotopic (exact) mass is 620 g/mol. The Morgan fingerprint density at radius 2 is 1.90 bits per heavy atom. The molecule has 1 heterocycles. The van der Waals surface area contributed by atoms with Crippen LogP contribution in [0.25, 0.3) is 0 Å². The fraction of sp³-hybridized carbons (Fsp3) is 0.464. The van der Waals surface area contributed by atoms with Crippen LogP contribution in [0.2, 0.25) is 0 Å². The first-order valence-electron chi connectivity index (χ1n) is 13.7. The topological polar surface area (TPSA) is 151 Å². The van der Waals surface area contributed by atoms with Crippen molar-refractivity contribution in [3.8, 4) is 0 Å². The van der Waals surface area contributed by atoms with Gasteiger partial charge in [-0.05, 0) is 80.3 Å². The lowest BCUT2D eigenvalue weighted by molar-refractivity contribution is -0.154. The number of amidine groups is 1. The molecule has 2 saturated carbocycles. The molecule has 2 fully saturated rings. The van der Waals surface area contributed by atoms with E-state index in [0.717, 1.165) is 31.6 Å². The molecular formula is C28H33FN4O7S2. The summed E-state index contributed by atoms with van der Waals surface area (Å²) in [6, 6.07) is 8.16. The van der Waals surface area contributed by atoms with Gasteiger partial charge in [0.1, 0.15) is 16.5 Å². The molecule has 2 bridgehead atoms. The van der Waals surface area contributed by atoms with E-state index in [4.69, 9.17) is 4.74 Å². The first-order chi connectivity index (χ1) is 19.8. The molecule has 0 saturated heterocycles. The average Bonchev–Trinajstić information content (AvgIpc) is 3.51. The van der Waals surface area contributed by atoms with Crippen LogP contribution >= 0.6 is 0 Å². The summed E-state index contributed by atoms with van der Waals surface area (Å²) in [5, 5.41) is 2.88. The lowest BCUT2D eigenvalue weighted by Gasteiger charge is -2.39. The predicted molar refractivity (Wildman–Crippen MR) is 154 cm³/mol. The normalized spacial score (nSPS) is 23.9. The zero-order chi connectivity index (χ0) is 30.4. The molecule has 4 atom stereocenters. The van der Waals surface area contributed by atoms with Crippen molar-refractivity contribution < 1.29 is 35.6 Å². The number of amides is 1. The Labute approximate surface area is 244 Å². The molecule has 1 aliphatic heterocycles. The Hall–Kier alpha value is -3.52.